The third-order valence-electron chi connectivity index (χ3n) is 2.61. The van der Waals surface area contributed by atoms with Gasteiger partial charge < -0.3 is 10.1 Å². The standard InChI is InChI=1S/C11H19NO3/c1-3-15-10(13)5-4-6-12-11(14)9-7-8(9)2/h8-9H,3-7H2,1-2H3,(H,12,14). The molecular weight excluding hydrogens is 194 g/mol. The molecule has 0 radical (unpaired) electrons. The van der Waals surface area contributed by atoms with E-state index in [1.165, 1.54) is 0 Å². The van der Waals surface area contributed by atoms with Crippen molar-refractivity contribution in [3.8, 4) is 0 Å². The molecule has 1 amide bonds. The Labute approximate surface area is 90.4 Å². The number of amides is 1. The van der Waals surface area contributed by atoms with Crippen molar-refractivity contribution in [1.82, 2.24) is 5.32 Å². The average Bonchev–Trinajstić information content (AvgIpc) is 2.90. The predicted molar refractivity (Wildman–Crippen MR) is 56.1 cm³/mol. The fourth-order valence-corrected chi connectivity index (χ4v) is 1.50. The van der Waals surface area contributed by atoms with Crippen LogP contribution in [0.1, 0.15) is 33.1 Å². The second-order valence-electron chi connectivity index (χ2n) is 4.02. The van der Waals surface area contributed by atoms with Crippen molar-refractivity contribution in [2.75, 3.05) is 13.2 Å². The van der Waals surface area contributed by atoms with Gasteiger partial charge in [0.05, 0.1) is 6.61 Å². The van der Waals surface area contributed by atoms with E-state index in [9.17, 15) is 9.59 Å². The van der Waals surface area contributed by atoms with Gasteiger partial charge in [0.1, 0.15) is 0 Å². The number of esters is 1. The molecule has 0 aromatic carbocycles. The maximum atomic E-state index is 11.4. The highest BCUT2D eigenvalue weighted by Crippen LogP contribution is 2.37. The molecule has 0 aliphatic heterocycles. The summed E-state index contributed by atoms with van der Waals surface area (Å²) in [7, 11) is 0. The van der Waals surface area contributed by atoms with Crippen LogP contribution in [0.25, 0.3) is 0 Å². The van der Waals surface area contributed by atoms with Crippen LogP contribution in [0, 0.1) is 11.8 Å². The summed E-state index contributed by atoms with van der Waals surface area (Å²) in [5.41, 5.74) is 0. The molecule has 4 nitrogen and oxygen atoms in total. The third-order valence-corrected chi connectivity index (χ3v) is 2.61. The van der Waals surface area contributed by atoms with E-state index in [0.717, 1.165) is 6.42 Å². The minimum absolute atomic E-state index is 0.131. The molecule has 0 saturated heterocycles. The van der Waals surface area contributed by atoms with E-state index in [4.69, 9.17) is 4.74 Å². The molecule has 15 heavy (non-hydrogen) atoms. The highest BCUT2D eigenvalue weighted by Gasteiger charge is 2.38. The Balaban J connectivity index is 1.97. The molecule has 0 bridgehead atoms. The summed E-state index contributed by atoms with van der Waals surface area (Å²) in [6, 6.07) is 0. The average molecular weight is 213 g/mol. The quantitative estimate of drug-likeness (QED) is 0.531. The number of ether oxygens (including phenoxy) is 1. The molecular formula is C11H19NO3. The van der Waals surface area contributed by atoms with Gasteiger partial charge in [-0.15, -0.1) is 0 Å². The summed E-state index contributed by atoms with van der Waals surface area (Å²) in [4.78, 5) is 22.3. The molecule has 0 heterocycles. The lowest BCUT2D eigenvalue weighted by molar-refractivity contribution is -0.143. The zero-order valence-electron chi connectivity index (χ0n) is 9.41. The minimum Gasteiger partial charge on any atom is -0.466 e. The first-order valence-electron chi connectivity index (χ1n) is 5.58. The van der Waals surface area contributed by atoms with E-state index in [-0.39, 0.29) is 17.8 Å². The van der Waals surface area contributed by atoms with E-state index in [1.54, 1.807) is 6.92 Å². The Morgan fingerprint density at radius 1 is 1.47 bits per heavy atom. The lowest BCUT2D eigenvalue weighted by atomic mass is 10.3. The van der Waals surface area contributed by atoms with Crippen LogP contribution in [0.2, 0.25) is 0 Å². The number of carbonyl (C=O) groups excluding carboxylic acids is 2. The topological polar surface area (TPSA) is 55.4 Å². The summed E-state index contributed by atoms with van der Waals surface area (Å²) in [5, 5.41) is 2.83. The van der Waals surface area contributed by atoms with Crippen molar-refractivity contribution < 1.29 is 14.3 Å². The Hall–Kier alpha value is -1.06. The maximum absolute atomic E-state index is 11.4. The molecule has 1 N–H and O–H groups in total. The third kappa shape index (κ3) is 4.32. The molecule has 1 rings (SSSR count). The lowest BCUT2D eigenvalue weighted by Gasteiger charge is -2.04. The second kappa shape index (κ2) is 5.73. The van der Waals surface area contributed by atoms with E-state index in [2.05, 4.69) is 12.2 Å². The molecule has 1 fully saturated rings. The highest BCUT2D eigenvalue weighted by atomic mass is 16.5. The van der Waals surface area contributed by atoms with Crippen LogP contribution in [0.4, 0.5) is 0 Å². The molecule has 4 heteroatoms. The molecule has 86 valence electrons. The Kier molecular flexibility index (Phi) is 4.59. The Morgan fingerprint density at radius 3 is 2.67 bits per heavy atom. The van der Waals surface area contributed by atoms with Crippen LogP contribution in [0.5, 0.6) is 0 Å². The van der Waals surface area contributed by atoms with Gasteiger partial charge in [-0.25, -0.2) is 0 Å². The van der Waals surface area contributed by atoms with Crippen molar-refractivity contribution >= 4 is 11.9 Å². The maximum Gasteiger partial charge on any atom is 0.305 e. The summed E-state index contributed by atoms with van der Waals surface area (Å²) < 4.78 is 4.77. The van der Waals surface area contributed by atoms with Crippen LogP contribution >= 0.6 is 0 Å². The largest absolute Gasteiger partial charge is 0.466 e. The second-order valence-corrected chi connectivity index (χ2v) is 4.02. The van der Waals surface area contributed by atoms with Gasteiger partial charge in [0.15, 0.2) is 0 Å². The van der Waals surface area contributed by atoms with Crippen molar-refractivity contribution in [2.24, 2.45) is 11.8 Å². The van der Waals surface area contributed by atoms with E-state index in [0.29, 0.717) is 31.9 Å². The number of rotatable bonds is 6. The molecule has 0 spiro atoms. The van der Waals surface area contributed by atoms with Gasteiger partial charge in [-0.2, -0.15) is 0 Å². The summed E-state index contributed by atoms with van der Waals surface area (Å²) >= 11 is 0. The SMILES string of the molecule is CCOC(=O)CCCNC(=O)C1CC1C. The number of carbonyl (C=O) groups is 2. The lowest BCUT2D eigenvalue weighted by Crippen LogP contribution is -2.26. The molecule has 2 unspecified atom stereocenters. The van der Waals surface area contributed by atoms with E-state index in [1.807, 2.05) is 0 Å². The molecule has 1 aliphatic rings. The van der Waals surface area contributed by atoms with E-state index >= 15 is 0 Å². The highest BCUT2D eigenvalue weighted by molar-refractivity contribution is 5.81. The summed E-state index contributed by atoms with van der Waals surface area (Å²) in [6.45, 7) is 4.85. The van der Waals surface area contributed by atoms with E-state index < -0.39 is 0 Å². The van der Waals surface area contributed by atoms with Crippen LogP contribution in [0.3, 0.4) is 0 Å². The molecule has 1 saturated carbocycles. The number of hydrogen-bond acceptors (Lipinski definition) is 3. The zero-order chi connectivity index (χ0) is 11.3. The van der Waals surface area contributed by atoms with Crippen molar-refractivity contribution in [3.63, 3.8) is 0 Å². The normalized spacial score (nSPS) is 23.3. The van der Waals surface area contributed by atoms with Crippen LogP contribution < -0.4 is 5.32 Å². The number of nitrogens with one attached hydrogen (secondary N) is 1. The summed E-state index contributed by atoms with van der Waals surface area (Å²) in [6.07, 6.45) is 2.05. The Bertz CT molecular complexity index is 240. The van der Waals surface area contributed by atoms with Gasteiger partial charge >= 0.3 is 5.97 Å². The van der Waals surface area contributed by atoms with Gasteiger partial charge in [-0.05, 0) is 25.7 Å². The van der Waals surface area contributed by atoms with Crippen molar-refractivity contribution in [2.45, 2.75) is 33.1 Å². The van der Waals surface area contributed by atoms with Gasteiger partial charge in [0.25, 0.3) is 0 Å². The van der Waals surface area contributed by atoms with Crippen LogP contribution in [-0.2, 0) is 14.3 Å². The minimum atomic E-state index is -0.188. The molecule has 0 aromatic rings. The van der Waals surface area contributed by atoms with Gasteiger partial charge in [-0.1, -0.05) is 6.92 Å². The van der Waals surface area contributed by atoms with Gasteiger partial charge in [0.2, 0.25) is 5.91 Å². The first-order valence-corrected chi connectivity index (χ1v) is 5.58. The summed E-state index contributed by atoms with van der Waals surface area (Å²) in [5.74, 6) is 0.695. The van der Waals surface area contributed by atoms with Gasteiger partial charge in [0, 0.05) is 18.9 Å². The van der Waals surface area contributed by atoms with Crippen LogP contribution in [-0.4, -0.2) is 25.0 Å². The number of hydrogen-bond donors (Lipinski definition) is 1. The first-order chi connectivity index (χ1) is 7.15. The van der Waals surface area contributed by atoms with Crippen molar-refractivity contribution in [3.05, 3.63) is 0 Å². The molecule has 1 aliphatic carbocycles. The van der Waals surface area contributed by atoms with Crippen molar-refractivity contribution in [1.29, 1.82) is 0 Å². The zero-order valence-corrected chi connectivity index (χ0v) is 9.41. The fraction of sp³-hybridized carbons (Fsp3) is 0.818. The fourth-order valence-electron chi connectivity index (χ4n) is 1.50. The predicted octanol–water partition coefficient (Wildman–Crippen LogP) is 1.10. The van der Waals surface area contributed by atoms with Crippen LogP contribution in [0.15, 0.2) is 0 Å². The first kappa shape index (κ1) is 12.0. The monoisotopic (exact) mass is 213 g/mol. The molecule has 0 aromatic heterocycles. The van der Waals surface area contributed by atoms with Gasteiger partial charge in [-0.3, -0.25) is 9.59 Å². The molecule has 2 atom stereocenters. The smallest absolute Gasteiger partial charge is 0.305 e. The Morgan fingerprint density at radius 2 is 2.13 bits per heavy atom.